The summed E-state index contributed by atoms with van der Waals surface area (Å²) in [5, 5.41) is 1.08. The zero-order valence-corrected chi connectivity index (χ0v) is 20.7. The molecule has 5 N–H and O–H groups in total. The smallest absolute Gasteiger partial charge is 0.295 e. The molecular formula is C27H32FN7O2. The zero-order chi connectivity index (χ0) is 25.9. The van der Waals surface area contributed by atoms with Gasteiger partial charge in [0.15, 0.2) is 11.6 Å². The van der Waals surface area contributed by atoms with Crippen LogP contribution in [-0.4, -0.2) is 52.7 Å². The molecule has 1 saturated carbocycles. The number of ketones is 1. The Morgan fingerprint density at radius 3 is 2.62 bits per heavy atom. The molecule has 2 aromatic heterocycles. The van der Waals surface area contributed by atoms with Crippen molar-refractivity contribution in [3.63, 3.8) is 0 Å². The molecule has 5 rings (SSSR count). The highest BCUT2D eigenvalue weighted by Crippen LogP contribution is 2.34. The molecule has 10 heteroatoms. The van der Waals surface area contributed by atoms with Gasteiger partial charge in [0.2, 0.25) is 0 Å². The van der Waals surface area contributed by atoms with Crippen LogP contribution in [0.15, 0.2) is 49.1 Å². The summed E-state index contributed by atoms with van der Waals surface area (Å²) in [5.74, 6) is 4.55. The van der Waals surface area contributed by atoms with Crippen molar-refractivity contribution in [2.45, 2.75) is 38.0 Å². The Morgan fingerprint density at radius 2 is 1.89 bits per heavy atom. The lowest BCUT2D eigenvalue weighted by Crippen LogP contribution is -2.50. The number of anilines is 2. The van der Waals surface area contributed by atoms with Gasteiger partial charge in [0, 0.05) is 50.5 Å². The molecule has 1 aliphatic heterocycles. The van der Waals surface area contributed by atoms with Gasteiger partial charge in [-0.15, -0.1) is 0 Å². The number of aromatic nitrogens is 2. The number of aromatic amines is 1. The Balaban J connectivity index is 1.28. The number of amides is 1. The van der Waals surface area contributed by atoms with Crippen LogP contribution in [0, 0.1) is 5.82 Å². The number of nitrogens with one attached hydrogen (secondary N) is 1. The number of nitrogens with two attached hydrogens (primary N) is 2. The highest BCUT2D eigenvalue weighted by molar-refractivity contribution is 6.45. The van der Waals surface area contributed by atoms with E-state index >= 15 is 0 Å². The van der Waals surface area contributed by atoms with Gasteiger partial charge in [0.1, 0.15) is 0 Å². The maximum atomic E-state index is 14.7. The third kappa shape index (κ3) is 4.89. The highest BCUT2D eigenvalue weighted by atomic mass is 19.1. The number of H-pyrrole nitrogens is 1. The summed E-state index contributed by atoms with van der Waals surface area (Å²) in [5.41, 5.74) is 8.08. The molecule has 3 aromatic rings. The monoisotopic (exact) mass is 505 g/mol. The van der Waals surface area contributed by atoms with Crippen LogP contribution in [0.4, 0.5) is 15.9 Å². The van der Waals surface area contributed by atoms with Crippen molar-refractivity contribution in [3.05, 3.63) is 66.0 Å². The molecule has 1 aliphatic carbocycles. The van der Waals surface area contributed by atoms with Gasteiger partial charge in [0.05, 0.1) is 22.7 Å². The lowest BCUT2D eigenvalue weighted by molar-refractivity contribution is -0.126. The Hall–Kier alpha value is -3.92. The number of pyridine rings is 1. The molecular weight excluding hydrogens is 473 g/mol. The van der Waals surface area contributed by atoms with E-state index in [4.69, 9.17) is 11.6 Å². The zero-order valence-electron chi connectivity index (χ0n) is 20.7. The molecule has 2 fully saturated rings. The average molecular weight is 506 g/mol. The van der Waals surface area contributed by atoms with Gasteiger partial charge in [-0.3, -0.25) is 14.6 Å². The molecule has 9 nitrogen and oxygen atoms in total. The van der Waals surface area contributed by atoms with Crippen molar-refractivity contribution in [1.82, 2.24) is 14.9 Å². The van der Waals surface area contributed by atoms with E-state index in [-0.39, 0.29) is 22.3 Å². The molecule has 3 heterocycles. The SMILES string of the molecule is N/C=C\N(N)c1ncc(F)c2c(C(=O)C(=O)N3CCN(c4cccc(C5CCCCC5)c4)CC3)c[nH]c12. The Kier molecular flexibility index (Phi) is 7.09. The molecule has 0 unspecified atom stereocenters. The number of hydrazine groups is 1. The number of piperazine rings is 1. The molecule has 0 radical (unpaired) electrons. The first-order valence-corrected chi connectivity index (χ1v) is 12.7. The van der Waals surface area contributed by atoms with Crippen LogP contribution >= 0.6 is 0 Å². The standard InChI is InChI=1S/C27H32FN7O2/c28-22-17-32-26(35(30)10-9-29)24-23(22)21(16-31-24)25(36)27(37)34-13-11-33(12-14-34)20-8-4-7-19(15-20)18-5-2-1-3-6-18/h4,7-10,15-18,31H,1-3,5-6,11-14,29-30H2/b10-9-. The van der Waals surface area contributed by atoms with Gasteiger partial charge in [-0.2, -0.15) is 0 Å². The molecule has 37 heavy (non-hydrogen) atoms. The van der Waals surface area contributed by atoms with Gasteiger partial charge >= 0.3 is 0 Å². The van der Waals surface area contributed by atoms with Crippen molar-refractivity contribution >= 4 is 34.1 Å². The van der Waals surface area contributed by atoms with Gasteiger partial charge < -0.3 is 20.5 Å². The molecule has 2 aliphatic rings. The largest absolute Gasteiger partial charge is 0.403 e. The predicted octanol–water partition coefficient (Wildman–Crippen LogP) is 3.39. The maximum Gasteiger partial charge on any atom is 0.295 e. The van der Waals surface area contributed by atoms with E-state index in [0.29, 0.717) is 32.1 Å². The first kappa shape index (κ1) is 24.8. The minimum atomic E-state index is -0.770. The summed E-state index contributed by atoms with van der Waals surface area (Å²) in [7, 11) is 0. The second-order valence-electron chi connectivity index (χ2n) is 9.67. The van der Waals surface area contributed by atoms with E-state index in [0.717, 1.165) is 16.9 Å². The summed E-state index contributed by atoms with van der Waals surface area (Å²) in [6, 6.07) is 8.71. The number of hydrogen-bond acceptors (Lipinski definition) is 7. The summed E-state index contributed by atoms with van der Waals surface area (Å²) in [6.45, 7) is 2.06. The summed E-state index contributed by atoms with van der Waals surface area (Å²) < 4.78 is 14.7. The Morgan fingerprint density at radius 1 is 1.14 bits per heavy atom. The molecule has 1 saturated heterocycles. The minimum absolute atomic E-state index is 0.0256. The highest BCUT2D eigenvalue weighted by Gasteiger charge is 2.30. The number of nitrogens with zero attached hydrogens (tertiary/aromatic N) is 4. The normalized spacial score (nSPS) is 17.0. The molecule has 0 spiro atoms. The molecule has 194 valence electrons. The number of halogens is 1. The van der Waals surface area contributed by atoms with Gasteiger partial charge in [-0.05, 0) is 36.5 Å². The van der Waals surface area contributed by atoms with Gasteiger partial charge in [0.25, 0.3) is 11.7 Å². The Labute approximate surface area is 214 Å². The average Bonchev–Trinajstić information content (AvgIpc) is 3.39. The van der Waals surface area contributed by atoms with Crippen molar-refractivity contribution in [2.75, 3.05) is 36.1 Å². The van der Waals surface area contributed by atoms with Crippen LogP contribution < -0.4 is 21.5 Å². The number of carbonyl (C=O) groups is 2. The van der Waals surface area contributed by atoms with Crippen LogP contribution in [0.25, 0.3) is 10.9 Å². The van der Waals surface area contributed by atoms with Crippen molar-refractivity contribution in [1.29, 1.82) is 0 Å². The fourth-order valence-electron chi connectivity index (χ4n) is 5.47. The van der Waals surface area contributed by atoms with Gasteiger partial charge in [-0.1, -0.05) is 31.4 Å². The summed E-state index contributed by atoms with van der Waals surface area (Å²) in [4.78, 5) is 36.9. The summed E-state index contributed by atoms with van der Waals surface area (Å²) in [6.07, 6.45) is 11.2. The second-order valence-corrected chi connectivity index (χ2v) is 9.67. The molecule has 0 atom stereocenters. The molecule has 0 bridgehead atoms. The van der Waals surface area contributed by atoms with Crippen LogP contribution in [0.1, 0.15) is 53.9 Å². The Bertz CT molecular complexity index is 1320. The summed E-state index contributed by atoms with van der Waals surface area (Å²) >= 11 is 0. The van der Waals surface area contributed by atoms with Crippen LogP contribution in [0.3, 0.4) is 0 Å². The third-order valence-electron chi connectivity index (χ3n) is 7.45. The van der Waals surface area contributed by atoms with Crippen LogP contribution in [-0.2, 0) is 4.79 Å². The number of carbonyl (C=O) groups excluding carboxylic acids is 2. The fraction of sp³-hybridized carbons (Fsp3) is 0.370. The van der Waals surface area contributed by atoms with Crippen molar-refractivity contribution < 1.29 is 14.0 Å². The van der Waals surface area contributed by atoms with E-state index in [1.54, 1.807) is 0 Å². The lowest BCUT2D eigenvalue weighted by Gasteiger charge is -2.36. The topological polar surface area (TPSA) is 125 Å². The first-order chi connectivity index (χ1) is 18.0. The quantitative estimate of drug-likeness (QED) is 0.203. The molecule has 1 aromatic carbocycles. The number of benzene rings is 1. The molecule has 1 amide bonds. The number of fused-ring (bicyclic) bond motifs is 1. The van der Waals surface area contributed by atoms with E-state index in [1.807, 2.05) is 0 Å². The van der Waals surface area contributed by atoms with E-state index < -0.39 is 17.5 Å². The third-order valence-corrected chi connectivity index (χ3v) is 7.45. The second kappa shape index (κ2) is 10.6. The first-order valence-electron chi connectivity index (χ1n) is 12.7. The van der Waals surface area contributed by atoms with Crippen molar-refractivity contribution in [2.24, 2.45) is 11.6 Å². The number of hydrogen-bond donors (Lipinski definition) is 3. The fourth-order valence-corrected chi connectivity index (χ4v) is 5.47. The number of rotatable bonds is 6. The maximum absolute atomic E-state index is 14.7. The van der Waals surface area contributed by atoms with E-state index in [9.17, 15) is 14.0 Å². The van der Waals surface area contributed by atoms with Crippen LogP contribution in [0.5, 0.6) is 0 Å². The van der Waals surface area contributed by atoms with E-state index in [2.05, 4.69) is 39.1 Å². The van der Waals surface area contributed by atoms with Crippen molar-refractivity contribution in [3.8, 4) is 0 Å². The predicted molar refractivity (Wildman–Crippen MR) is 141 cm³/mol. The minimum Gasteiger partial charge on any atom is -0.403 e. The van der Waals surface area contributed by atoms with Gasteiger partial charge in [-0.25, -0.2) is 15.2 Å². The van der Waals surface area contributed by atoms with Crippen LogP contribution in [0.2, 0.25) is 0 Å². The number of Topliss-reactive ketones (excluding diaryl/α,β-unsaturated/α-hetero) is 1. The van der Waals surface area contributed by atoms with E-state index in [1.165, 1.54) is 61.2 Å². The lowest BCUT2D eigenvalue weighted by atomic mass is 9.84.